The third-order valence-electron chi connectivity index (χ3n) is 5.41. The molecule has 1 aliphatic heterocycles. The monoisotopic (exact) mass is 570 g/mol. The molecule has 2 aromatic rings. The van der Waals surface area contributed by atoms with Gasteiger partial charge in [0.15, 0.2) is 23.0 Å². The van der Waals surface area contributed by atoms with E-state index in [1.54, 1.807) is 11.3 Å². The molecule has 0 fully saturated rings. The Bertz CT molecular complexity index is 837. The zero-order valence-corrected chi connectivity index (χ0v) is 23.9. The summed E-state index contributed by atoms with van der Waals surface area (Å²) in [7, 11) is 0. The first-order valence-corrected chi connectivity index (χ1v) is 14.2. The summed E-state index contributed by atoms with van der Waals surface area (Å²) in [5, 5.41) is 0. The van der Waals surface area contributed by atoms with Gasteiger partial charge in [-0.05, 0) is 26.0 Å². The van der Waals surface area contributed by atoms with E-state index in [4.69, 9.17) is 47.4 Å². The minimum Gasteiger partial charge on any atom is -0.487 e. The van der Waals surface area contributed by atoms with Gasteiger partial charge < -0.3 is 47.4 Å². The van der Waals surface area contributed by atoms with E-state index in [2.05, 4.69) is 0 Å². The van der Waals surface area contributed by atoms with E-state index in [9.17, 15) is 0 Å². The summed E-state index contributed by atoms with van der Waals surface area (Å²) < 4.78 is 57.1. The van der Waals surface area contributed by atoms with E-state index >= 15 is 0 Å². The average Bonchev–Trinajstić information content (AvgIpc) is 3.21. The lowest BCUT2D eigenvalue weighted by molar-refractivity contribution is 0.00249. The Morgan fingerprint density at radius 1 is 0.410 bits per heavy atom. The number of ether oxygens (including phenoxy) is 10. The third-order valence-corrected chi connectivity index (χ3v) is 6.39. The van der Waals surface area contributed by atoms with Gasteiger partial charge in [-0.1, -0.05) is 12.1 Å². The lowest BCUT2D eigenvalue weighted by Crippen LogP contribution is -2.15. The maximum absolute atomic E-state index is 5.96. The topological polar surface area (TPSA) is 92.3 Å². The number of thiophene rings is 1. The first-order chi connectivity index (χ1) is 19.3. The maximum atomic E-state index is 5.96. The van der Waals surface area contributed by atoms with Crippen molar-refractivity contribution in [2.24, 2.45) is 0 Å². The minimum absolute atomic E-state index is 0.414. The quantitative estimate of drug-likeness (QED) is 0.467. The van der Waals surface area contributed by atoms with Gasteiger partial charge in [0.1, 0.15) is 26.4 Å². The van der Waals surface area contributed by atoms with Gasteiger partial charge in [-0.15, -0.1) is 11.3 Å². The fraction of sp³-hybridized carbons (Fsp3) is 0.643. The molecule has 0 atom stereocenters. The summed E-state index contributed by atoms with van der Waals surface area (Å²) in [4.78, 5) is 2.16. The van der Waals surface area contributed by atoms with E-state index in [1.165, 1.54) is 0 Å². The highest BCUT2D eigenvalue weighted by Crippen LogP contribution is 2.41. The van der Waals surface area contributed by atoms with Crippen LogP contribution in [0.2, 0.25) is 0 Å². The number of benzene rings is 1. The molecule has 1 aliphatic rings. The second kappa shape index (κ2) is 19.9. The molecular formula is C28H42O10S. The summed E-state index contributed by atoms with van der Waals surface area (Å²) in [5.74, 6) is 2.89. The highest BCUT2D eigenvalue weighted by Gasteiger charge is 2.16. The fourth-order valence-electron chi connectivity index (χ4n) is 3.58. The van der Waals surface area contributed by atoms with Gasteiger partial charge in [-0.25, -0.2) is 0 Å². The number of rotatable bonds is 0. The molecule has 0 unspecified atom stereocenters. The van der Waals surface area contributed by atoms with E-state index < -0.39 is 0 Å². The van der Waals surface area contributed by atoms with Crippen LogP contribution in [0.1, 0.15) is 9.75 Å². The van der Waals surface area contributed by atoms with Crippen molar-refractivity contribution in [3.8, 4) is 23.0 Å². The zero-order valence-electron chi connectivity index (χ0n) is 23.1. The molecule has 0 N–H and O–H groups in total. The molecule has 2 heterocycles. The van der Waals surface area contributed by atoms with Crippen molar-refractivity contribution in [1.82, 2.24) is 0 Å². The van der Waals surface area contributed by atoms with E-state index in [0.717, 1.165) is 21.3 Å². The van der Waals surface area contributed by atoms with Gasteiger partial charge in [-0.3, -0.25) is 0 Å². The molecule has 0 spiro atoms. The molecule has 11 heteroatoms. The maximum Gasteiger partial charge on any atom is 0.175 e. The van der Waals surface area contributed by atoms with Crippen molar-refractivity contribution in [1.29, 1.82) is 0 Å². The van der Waals surface area contributed by atoms with Crippen LogP contribution < -0.4 is 18.9 Å². The number of para-hydroxylation sites is 2. The van der Waals surface area contributed by atoms with Crippen molar-refractivity contribution in [3.63, 3.8) is 0 Å². The largest absolute Gasteiger partial charge is 0.487 e. The van der Waals surface area contributed by atoms with Crippen molar-refractivity contribution in [3.05, 3.63) is 34.0 Å². The summed E-state index contributed by atoms with van der Waals surface area (Å²) in [5.41, 5.74) is 0. The van der Waals surface area contributed by atoms with Gasteiger partial charge in [0.2, 0.25) is 0 Å². The average molecular weight is 571 g/mol. The Hall–Kier alpha value is -2.12. The fourth-order valence-corrected chi connectivity index (χ4v) is 4.52. The van der Waals surface area contributed by atoms with Crippen LogP contribution in [0.4, 0.5) is 0 Å². The normalized spacial score (nSPS) is 19.1. The predicted octanol–water partition coefficient (Wildman–Crippen LogP) is 3.69. The standard InChI is InChI=1S/C28H42O10S/c1-23-27-28(24(2)39-23)38-22-18-34-14-10-30-8-12-32-16-20-36-26-6-4-3-5-25(26)35-19-15-31-11-7-29-9-13-33-17-21-37-27/h3-6H,7-22H2,1-2H3. The molecule has 1 aromatic carbocycles. The van der Waals surface area contributed by atoms with Crippen molar-refractivity contribution < 1.29 is 47.4 Å². The van der Waals surface area contributed by atoms with Crippen molar-refractivity contribution in [2.45, 2.75) is 13.8 Å². The summed E-state index contributed by atoms with van der Waals surface area (Å²) >= 11 is 1.65. The second-order valence-electron chi connectivity index (χ2n) is 8.39. The molecule has 0 radical (unpaired) electrons. The lowest BCUT2D eigenvalue weighted by Gasteiger charge is -2.13. The second-order valence-corrected chi connectivity index (χ2v) is 9.82. The number of hydrogen-bond acceptors (Lipinski definition) is 11. The highest BCUT2D eigenvalue weighted by molar-refractivity contribution is 7.12. The Labute approximate surface area is 235 Å². The predicted molar refractivity (Wildman–Crippen MR) is 147 cm³/mol. The van der Waals surface area contributed by atoms with Gasteiger partial charge in [0.25, 0.3) is 0 Å². The van der Waals surface area contributed by atoms with Crippen molar-refractivity contribution >= 4 is 11.3 Å². The molecule has 220 valence electrons. The molecule has 10 nitrogen and oxygen atoms in total. The molecule has 39 heavy (non-hydrogen) atoms. The first kappa shape index (κ1) is 31.4. The Kier molecular flexibility index (Phi) is 16.0. The third kappa shape index (κ3) is 12.7. The Morgan fingerprint density at radius 2 is 0.692 bits per heavy atom. The molecule has 1 aromatic heterocycles. The summed E-state index contributed by atoms with van der Waals surface area (Å²) in [6, 6.07) is 7.55. The highest BCUT2D eigenvalue weighted by atomic mass is 32.1. The van der Waals surface area contributed by atoms with E-state index in [1.807, 2.05) is 38.1 Å². The van der Waals surface area contributed by atoms with Crippen LogP contribution in [0.25, 0.3) is 0 Å². The molecule has 0 aliphatic carbocycles. The number of fused-ring (bicyclic) bond motifs is 2. The van der Waals surface area contributed by atoms with Crippen LogP contribution in [0, 0.1) is 13.8 Å². The van der Waals surface area contributed by atoms with Crippen molar-refractivity contribution in [2.75, 3.05) is 106 Å². The molecule has 0 saturated heterocycles. The van der Waals surface area contributed by atoms with Crippen LogP contribution in [0.15, 0.2) is 24.3 Å². The Morgan fingerprint density at radius 3 is 1.03 bits per heavy atom. The van der Waals surface area contributed by atoms with E-state index in [-0.39, 0.29) is 0 Å². The van der Waals surface area contributed by atoms with Gasteiger partial charge in [0.05, 0.1) is 79.3 Å². The van der Waals surface area contributed by atoms with Crippen LogP contribution in [0.3, 0.4) is 0 Å². The molecule has 3 rings (SSSR count). The molecule has 0 saturated carbocycles. The van der Waals surface area contributed by atoms with Gasteiger partial charge in [0, 0.05) is 9.75 Å². The van der Waals surface area contributed by atoms with Crippen LogP contribution >= 0.6 is 11.3 Å². The minimum atomic E-state index is 0.414. The Balaban J connectivity index is 1.39. The molecular weight excluding hydrogens is 528 g/mol. The lowest BCUT2D eigenvalue weighted by atomic mass is 10.3. The molecule has 0 amide bonds. The van der Waals surface area contributed by atoms with Crippen LogP contribution in [0.5, 0.6) is 23.0 Å². The smallest absolute Gasteiger partial charge is 0.175 e. The summed E-state index contributed by atoms with van der Waals surface area (Å²) in [6.07, 6.45) is 0. The SMILES string of the molecule is Cc1sc(C)c2c1OCCOCCOCCOCCOc1ccccc1OCCOCCOCCOCCO2. The molecule has 0 bridgehead atoms. The number of aryl methyl sites for hydroxylation is 2. The number of hydrogen-bond donors (Lipinski definition) is 0. The van der Waals surface area contributed by atoms with E-state index in [0.29, 0.717) is 117 Å². The van der Waals surface area contributed by atoms with Gasteiger partial charge in [-0.2, -0.15) is 0 Å². The summed E-state index contributed by atoms with van der Waals surface area (Å²) in [6.45, 7) is 11.5. The first-order valence-electron chi connectivity index (χ1n) is 13.4. The van der Waals surface area contributed by atoms with Crippen LogP contribution in [-0.4, -0.2) is 106 Å². The zero-order chi connectivity index (χ0) is 27.4. The van der Waals surface area contributed by atoms with Gasteiger partial charge >= 0.3 is 0 Å². The van der Waals surface area contributed by atoms with Crippen LogP contribution in [-0.2, 0) is 28.4 Å².